The van der Waals surface area contributed by atoms with Crippen LogP contribution in [0, 0.1) is 6.92 Å². The second kappa shape index (κ2) is 5.95. The molecule has 0 fully saturated rings. The van der Waals surface area contributed by atoms with Crippen LogP contribution >= 0.6 is 39.1 Å². The summed E-state index contributed by atoms with van der Waals surface area (Å²) in [6, 6.07) is 8.86. The molecule has 19 heavy (non-hydrogen) atoms. The summed E-state index contributed by atoms with van der Waals surface area (Å²) in [4.78, 5) is 4.34. The fourth-order valence-corrected chi connectivity index (χ4v) is 2.57. The minimum absolute atomic E-state index is 0.0235. The van der Waals surface area contributed by atoms with Crippen molar-refractivity contribution in [2.45, 2.75) is 6.92 Å². The van der Waals surface area contributed by atoms with Crippen LogP contribution in [0.2, 0.25) is 10.0 Å². The number of nitrogens with zero attached hydrogens (tertiary/aromatic N) is 1. The van der Waals surface area contributed by atoms with Crippen LogP contribution in [-0.2, 0) is 0 Å². The van der Waals surface area contributed by atoms with Crippen molar-refractivity contribution in [3.05, 3.63) is 56.0 Å². The van der Waals surface area contributed by atoms with Crippen molar-refractivity contribution in [3.8, 4) is 5.75 Å². The van der Waals surface area contributed by atoms with Crippen LogP contribution in [0.15, 0.2) is 39.8 Å². The number of halogens is 3. The zero-order valence-corrected chi connectivity index (χ0v) is 13.1. The Hall–Kier alpha value is -1.03. The topological polar surface area (TPSA) is 32.6 Å². The molecule has 0 aliphatic carbocycles. The molecule has 0 saturated carbocycles. The number of rotatable bonds is 2. The van der Waals surface area contributed by atoms with E-state index >= 15 is 0 Å². The first-order chi connectivity index (χ1) is 8.97. The summed E-state index contributed by atoms with van der Waals surface area (Å²) in [5.41, 5.74) is 2.33. The molecule has 0 saturated heterocycles. The largest absolute Gasteiger partial charge is 0.506 e. The Kier molecular flexibility index (Phi) is 4.50. The molecule has 0 unspecified atom stereocenters. The molecule has 0 aliphatic rings. The Balaban J connectivity index is 2.38. The molecule has 0 spiro atoms. The smallest absolute Gasteiger partial charge is 0.143 e. The normalized spacial score (nSPS) is 11.2. The molecule has 0 atom stereocenters. The van der Waals surface area contributed by atoms with E-state index in [1.165, 1.54) is 6.07 Å². The van der Waals surface area contributed by atoms with Crippen LogP contribution in [0.1, 0.15) is 11.1 Å². The van der Waals surface area contributed by atoms with E-state index in [9.17, 15) is 5.11 Å². The van der Waals surface area contributed by atoms with E-state index in [-0.39, 0.29) is 10.8 Å². The van der Waals surface area contributed by atoms with Crippen molar-refractivity contribution < 1.29 is 5.11 Å². The van der Waals surface area contributed by atoms with Crippen LogP contribution in [0.3, 0.4) is 0 Å². The first-order valence-corrected chi connectivity index (χ1v) is 7.00. The summed E-state index contributed by atoms with van der Waals surface area (Å²) in [6.07, 6.45) is 1.54. The molecule has 1 N–H and O–H groups in total. The number of phenols is 1. The zero-order chi connectivity index (χ0) is 14.0. The SMILES string of the molecule is Cc1cc(Br)ccc1N=Cc1cc(Cl)cc(Cl)c1O. The maximum absolute atomic E-state index is 9.82. The number of aromatic hydroxyl groups is 1. The minimum atomic E-state index is -0.0235. The first-order valence-electron chi connectivity index (χ1n) is 5.45. The number of phenolic OH excluding ortho intramolecular Hbond substituents is 1. The minimum Gasteiger partial charge on any atom is -0.506 e. The van der Waals surface area contributed by atoms with E-state index in [0.717, 1.165) is 15.7 Å². The van der Waals surface area contributed by atoms with Gasteiger partial charge < -0.3 is 5.11 Å². The molecule has 0 aromatic heterocycles. The first kappa shape index (κ1) is 14.4. The van der Waals surface area contributed by atoms with Gasteiger partial charge in [-0.15, -0.1) is 0 Å². The Morgan fingerprint density at radius 1 is 1.21 bits per heavy atom. The van der Waals surface area contributed by atoms with Gasteiger partial charge in [0.15, 0.2) is 0 Å². The van der Waals surface area contributed by atoms with Gasteiger partial charge in [-0.1, -0.05) is 39.1 Å². The molecule has 0 aliphatic heterocycles. The van der Waals surface area contributed by atoms with Crippen LogP contribution in [0.4, 0.5) is 5.69 Å². The van der Waals surface area contributed by atoms with Crippen molar-refractivity contribution in [3.63, 3.8) is 0 Å². The lowest BCUT2D eigenvalue weighted by atomic mass is 10.2. The predicted molar refractivity (Wildman–Crippen MR) is 84.3 cm³/mol. The molecule has 0 heterocycles. The molecule has 98 valence electrons. The standard InChI is InChI=1S/C14H10BrCl2NO/c1-8-4-10(15)2-3-13(8)18-7-9-5-11(16)6-12(17)14(9)19/h2-7,19H,1H3. The molecule has 0 amide bonds. The van der Waals surface area contributed by atoms with Crippen molar-refractivity contribution in [2.24, 2.45) is 4.99 Å². The summed E-state index contributed by atoms with van der Waals surface area (Å²) < 4.78 is 0.998. The van der Waals surface area contributed by atoms with Gasteiger partial charge in [-0.3, -0.25) is 4.99 Å². The molecule has 2 nitrogen and oxygen atoms in total. The Labute approximate surface area is 129 Å². The number of benzene rings is 2. The van der Waals surface area contributed by atoms with Gasteiger partial charge in [0.1, 0.15) is 5.75 Å². The molecule has 2 rings (SSSR count). The highest BCUT2D eigenvalue weighted by atomic mass is 79.9. The third-order valence-electron chi connectivity index (χ3n) is 2.56. The van der Waals surface area contributed by atoms with Gasteiger partial charge in [0.2, 0.25) is 0 Å². The van der Waals surface area contributed by atoms with E-state index in [4.69, 9.17) is 23.2 Å². The molecular formula is C14H10BrCl2NO. The van der Waals surface area contributed by atoms with Gasteiger partial charge in [0.05, 0.1) is 10.7 Å². The molecule has 2 aromatic carbocycles. The average molecular weight is 359 g/mol. The van der Waals surface area contributed by atoms with Gasteiger partial charge in [0, 0.05) is 21.3 Å². The lowest BCUT2D eigenvalue weighted by molar-refractivity contribution is 0.475. The number of aliphatic imine (C=N–C) groups is 1. The number of hydrogen-bond acceptors (Lipinski definition) is 2. The van der Waals surface area contributed by atoms with E-state index in [0.29, 0.717) is 10.6 Å². The highest BCUT2D eigenvalue weighted by molar-refractivity contribution is 9.10. The van der Waals surface area contributed by atoms with Crippen LogP contribution < -0.4 is 0 Å². The second-order valence-electron chi connectivity index (χ2n) is 4.01. The molecular weight excluding hydrogens is 349 g/mol. The van der Waals surface area contributed by atoms with Crippen molar-refractivity contribution >= 4 is 51.0 Å². The van der Waals surface area contributed by atoms with E-state index < -0.39 is 0 Å². The molecule has 0 radical (unpaired) electrons. The Bertz CT molecular complexity index is 656. The lowest BCUT2D eigenvalue weighted by Crippen LogP contribution is -1.84. The summed E-state index contributed by atoms with van der Waals surface area (Å²) in [5.74, 6) is -0.0235. The second-order valence-corrected chi connectivity index (χ2v) is 5.77. The maximum Gasteiger partial charge on any atom is 0.143 e. The molecule has 0 bridgehead atoms. The summed E-state index contributed by atoms with van der Waals surface area (Å²) in [5, 5.41) is 10.5. The van der Waals surface area contributed by atoms with Crippen LogP contribution in [-0.4, -0.2) is 11.3 Å². The van der Waals surface area contributed by atoms with Gasteiger partial charge in [0.25, 0.3) is 0 Å². The summed E-state index contributed by atoms with van der Waals surface area (Å²) in [7, 11) is 0. The zero-order valence-electron chi connectivity index (χ0n) is 9.99. The van der Waals surface area contributed by atoms with Crippen molar-refractivity contribution in [2.75, 3.05) is 0 Å². The third kappa shape index (κ3) is 3.50. The molecule has 5 heteroatoms. The van der Waals surface area contributed by atoms with Gasteiger partial charge in [-0.05, 0) is 42.8 Å². The third-order valence-corrected chi connectivity index (χ3v) is 3.56. The Morgan fingerprint density at radius 2 is 1.95 bits per heavy atom. The van der Waals surface area contributed by atoms with Crippen LogP contribution in [0.5, 0.6) is 5.75 Å². The fraction of sp³-hybridized carbons (Fsp3) is 0.0714. The average Bonchev–Trinajstić information content (AvgIpc) is 2.33. The van der Waals surface area contributed by atoms with Crippen molar-refractivity contribution in [1.29, 1.82) is 0 Å². The van der Waals surface area contributed by atoms with Gasteiger partial charge in [-0.25, -0.2) is 0 Å². The quantitative estimate of drug-likeness (QED) is 0.704. The number of aryl methyl sites for hydroxylation is 1. The Morgan fingerprint density at radius 3 is 2.63 bits per heavy atom. The number of hydrogen-bond donors (Lipinski definition) is 1. The summed E-state index contributed by atoms with van der Waals surface area (Å²) in [6.45, 7) is 1.96. The van der Waals surface area contributed by atoms with Crippen LogP contribution in [0.25, 0.3) is 0 Å². The fourth-order valence-electron chi connectivity index (χ4n) is 1.59. The van der Waals surface area contributed by atoms with E-state index in [1.807, 2.05) is 25.1 Å². The maximum atomic E-state index is 9.82. The highest BCUT2D eigenvalue weighted by Gasteiger charge is 2.06. The molecule has 2 aromatic rings. The van der Waals surface area contributed by atoms with E-state index in [2.05, 4.69) is 20.9 Å². The van der Waals surface area contributed by atoms with Crippen molar-refractivity contribution in [1.82, 2.24) is 0 Å². The monoisotopic (exact) mass is 357 g/mol. The predicted octanol–water partition coefficient (Wildman–Crippen LogP) is 5.52. The van der Waals surface area contributed by atoms with Gasteiger partial charge in [-0.2, -0.15) is 0 Å². The lowest BCUT2D eigenvalue weighted by Gasteiger charge is -2.03. The highest BCUT2D eigenvalue weighted by Crippen LogP contribution is 2.30. The van der Waals surface area contributed by atoms with E-state index in [1.54, 1.807) is 12.3 Å². The summed E-state index contributed by atoms with van der Waals surface area (Å²) >= 11 is 15.1. The van der Waals surface area contributed by atoms with Gasteiger partial charge >= 0.3 is 0 Å².